The first-order valence-electron chi connectivity index (χ1n) is 2.84. The Kier molecular flexibility index (Phi) is 9.81. The van der Waals surface area contributed by atoms with Crippen molar-refractivity contribution in [1.29, 1.82) is 0 Å². The minimum Gasteiger partial charge on any atom is -0.558 e. The standard InChI is InChI=1S/C8H9N.HI.Y/c1-7-3-5-8(9-2)6-4-7;;/h3-5,9H,2H2,1H3;1H;/q-2;;. The minimum absolute atomic E-state index is 0. The number of halogens is 1. The second-order valence-corrected chi connectivity index (χ2v) is 1.96. The first kappa shape index (κ1) is 14.4. The van der Waals surface area contributed by atoms with E-state index in [0.717, 1.165) is 5.69 Å². The van der Waals surface area contributed by atoms with Crippen LogP contribution in [0.25, 0.3) is 0 Å². The Morgan fingerprint density at radius 1 is 1.45 bits per heavy atom. The monoisotopic (exact) mass is 336 g/mol. The van der Waals surface area contributed by atoms with Crippen molar-refractivity contribution in [3.63, 3.8) is 0 Å². The fourth-order valence-electron chi connectivity index (χ4n) is 0.613. The van der Waals surface area contributed by atoms with Gasteiger partial charge in [0.25, 0.3) is 0 Å². The van der Waals surface area contributed by atoms with Gasteiger partial charge in [-0.1, -0.05) is 6.92 Å². The molecule has 0 aliphatic rings. The van der Waals surface area contributed by atoms with E-state index < -0.39 is 0 Å². The van der Waals surface area contributed by atoms with Gasteiger partial charge in [0, 0.05) is 32.7 Å². The average molecular weight is 336 g/mol. The molecule has 0 saturated carbocycles. The summed E-state index contributed by atoms with van der Waals surface area (Å²) < 4.78 is 0. The van der Waals surface area contributed by atoms with Gasteiger partial charge in [-0.25, -0.2) is 0 Å². The fourth-order valence-corrected chi connectivity index (χ4v) is 0.613. The number of hydrogen-bond donors (Lipinski definition) is 1. The number of anilines is 1. The van der Waals surface area contributed by atoms with Gasteiger partial charge in [-0.15, -0.1) is 29.7 Å². The molecule has 0 amide bonds. The Labute approximate surface area is 110 Å². The van der Waals surface area contributed by atoms with Crippen LogP contribution in [0.5, 0.6) is 0 Å². The number of rotatable bonds is 1. The van der Waals surface area contributed by atoms with Crippen LogP contribution in [0, 0.1) is 20.0 Å². The SMILES string of the molecule is I.[CH2-]Nc1[c-]cc(C)cc1.[Y]. The van der Waals surface area contributed by atoms with E-state index in [4.69, 9.17) is 0 Å². The van der Waals surface area contributed by atoms with Crippen LogP contribution in [0.1, 0.15) is 5.56 Å². The van der Waals surface area contributed by atoms with E-state index in [0.29, 0.717) is 0 Å². The van der Waals surface area contributed by atoms with E-state index in [1.807, 2.05) is 25.1 Å². The van der Waals surface area contributed by atoms with Crippen LogP contribution in [0.15, 0.2) is 18.2 Å². The van der Waals surface area contributed by atoms with Crippen LogP contribution in [-0.2, 0) is 32.7 Å². The Morgan fingerprint density at radius 2 is 2.09 bits per heavy atom. The van der Waals surface area contributed by atoms with Gasteiger partial charge in [-0.2, -0.15) is 29.8 Å². The van der Waals surface area contributed by atoms with E-state index in [9.17, 15) is 0 Å². The maximum absolute atomic E-state index is 3.50. The second kappa shape index (κ2) is 7.50. The minimum atomic E-state index is 0. The third-order valence-corrected chi connectivity index (χ3v) is 1.16. The molecular weight excluding hydrogens is 326 g/mol. The zero-order chi connectivity index (χ0) is 6.69. The summed E-state index contributed by atoms with van der Waals surface area (Å²) in [7, 11) is 3.50. The van der Waals surface area contributed by atoms with Gasteiger partial charge in [0.05, 0.1) is 0 Å². The fraction of sp³-hybridized carbons (Fsp3) is 0.125. The first-order valence-corrected chi connectivity index (χ1v) is 2.84. The number of aryl methyl sites for hydroxylation is 1. The van der Waals surface area contributed by atoms with Gasteiger partial charge in [-0.3, -0.25) is 7.05 Å². The molecule has 0 heterocycles. The molecule has 0 spiro atoms. The molecule has 0 unspecified atom stereocenters. The van der Waals surface area contributed by atoms with Crippen molar-refractivity contribution in [3.05, 3.63) is 36.9 Å². The normalized spacial score (nSPS) is 7.45. The molecule has 1 aromatic rings. The van der Waals surface area contributed by atoms with Gasteiger partial charge >= 0.3 is 0 Å². The van der Waals surface area contributed by atoms with Crippen molar-refractivity contribution in [2.24, 2.45) is 0 Å². The molecule has 0 aliphatic heterocycles. The zero-order valence-corrected chi connectivity index (χ0v) is 11.6. The molecule has 1 radical (unpaired) electrons. The third kappa shape index (κ3) is 5.15. The van der Waals surface area contributed by atoms with Crippen LogP contribution >= 0.6 is 24.0 Å². The number of benzene rings is 1. The molecule has 59 valence electrons. The molecular formula is C8H10INY-2. The second-order valence-electron chi connectivity index (χ2n) is 1.96. The van der Waals surface area contributed by atoms with E-state index in [1.165, 1.54) is 5.56 Å². The summed E-state index contributed by atoms with van der Waals surface area (Å²) in [6.07, 6.45) is 0. The molecule has 0 bridgehead atoms. The molecule has 11 heavy (non-hydrogen) atoms. The number of hydrogen-bond acceptors (Lipinski definition) is 1. The Hall–Kier alpha value is 0.854. The van der Waals surface area contributed by atoms with Crippen LogP contribution in [0.3, 0.4) is 0 Å². The van der Waals surface area contributed by atoms with E-state index in [-0.39, 0.29) is 56.7 Å². The maximum Gasteiger partial charge on any atom is 0 e. The Bertz CT molecular complexity index is 186. The van der Waals surface area contributed by atoms with E-state index >= 15 is 0 Å². The average Bonchev–Trinajstić information content (AvgIpc) is 1.90. The maximum atomic E-state index is 3.50. The predicted molar refractivity (Wildman–Crippen MR) is 54.4 cm³/mol. The van der Waals surface area contributed by atoms with Crippen molar-refractivity contribution in [3.8, 4) is 0 Å². The molecule has 1 aromatic carbocycles. The molecule has 3 heteroatoms. The van der Waals surface area contributed by atoms with Crippen molar-refractivity contribution >= 4 is 29.7 Å². The largest absolute Gasteiger partial charge is 0.558 e. The summed E-state index contributed by atoms with van der Waals surface area (Å²) in [5.74, 6) is 0. The first-order chi connectivity index (χ1) is 4.33. The predicted octanol–water partition coefficient (Wildman–Crippen LogP) is 2.61. The van der Waals surface area contributed by atoms with Crippen molar-refractivity contribution in [1.82, 2.24) is 0 Å². The van der Waals surface area contributed by atoms with Gasteiger partial charge in [0.2, 0.25) is 0 Å². The molecule has 0 atom stereocenters. The van der Waals surface area contributed by atoms with Crippen LogP contribution < -0.4 is 5.32 Å². The van der Waals surface area contributed by atoms with Gasteiger partial charge < -0.3 is 5.32 Å². The molecule has 1 N–H and O–H groups in total. The molecule has 0 aliphatic carbocycles. The summed E-state index contributed by atoms with van der Waals surface area (Å²) in [5, 5.41) is 2.75. The summed E-state index contributed by atoms with van der Waals surface area (Å²) >= 11 is 0. The smallest absolute Gasteiger partial charge is 0 e. The summed E-state index contributed by atoms with van der Waals surface area (Å²) in [5.41, 5.74) is 2.15. The summed E-state index contributed by atoms with van der Waals surface area (Å²) in [6, 6.07) is 8.90. The Balaban J connectivity index is 0. The van der Waals surface area contributed by atoms with Crippen LogP contribution in [0.4, 0.5) is 5.69 Å². The molecule has 1 rings (SSSR count). The Morgan fingerprint density at radius 3 is 2.45 bits per heavy atom. The van der Waals surface area contributed by atoms with Gasteiger partial charge in [0.1, 0.15) is 0 Å². The summed E-state index contributed by atoms with van der Waals surface area (Å²) in [4.78, 5) is 0. The summed E-state index contributed by atoms with van der Waals surface area (Å²) in [6.45, 7) is 2.03. The quantitative estimate of drug-likeness (QED) is 0.614. The molecule has 0 saturated heterocycles. The third-order valence-electron chi connectivity index (χ3n) is 1.16. The van der Waals surface area contributed by atoms with E-state index in [1.54, 1.807) is 0 Å². The van der Waals surface area contributed by atoms with Crippen molar-refractivity contribution in [2.45, 2.75) is 6.92 Å². The molecule has 0 fully saturated rings. The molecule has 1 nitrogen and oxygen atoms in total. The van der Waals surface area contributed by atoms with Crippen molar-refractivity contribution in [2.75, 3.05) is 5.32 Å². The number of nitrogens with one attached hydrogen (secondary N) is 1. The van der Waals surface area contributed by atoms with Crippen LogP contribution in [0.2, 0.25) is 0 Å². The molecule has 0 aromatic heterocycles. The van der Waals surface area contributed by atoms with Crippen LogP contribution in [-0.4, -0.2) is 0 Å². The van der Waals surface area contributed by atoms with Gasteiger partial charge in [0.15, 0.2) is 0 Å². The van der Waals surface area contributed by atoms with Crippen molar-refractivity contribution < 1.29 is 32.7 Å². The van der Waals surface area contributed by atoms with E-state index in [2.05, 4.69) is 18.4 Å². The van der Waals surface area contributed by atoms with Gasteiger partial charge in [-0.05, 0) is 0 Å². The topological polar surface area (TPSA) is 12.0 Å². The zero-order valence-electron chi connectivity index (χ0n) is 6.42.